The van der Waals surface area contributed by atoms with Crippen molar-refractivity contribution in [3.05, 3.63) is 48.6 Å². The first kappa shape index (κ1) is 15.8. The molecule has 3 nitrogen and oxygen atoms in total. The largest absolute Gasteiger partial charge is 0.494 e. The van der Waals surface area contributed by atoms with Crippen LogP contribution in [0.1, 0.15) is 16.1 Å². The average Bonchev–Trinajstić information content (AvgIpc) is 2.65. The number of aromatic nitrogens is 1. The van der Waals surface area contributed by atoms with Crippen LogP contribution in [0.3, 0.4) is 0 Å². The molecule has 0 bridgehead atoms. The molecule has 0 spiro atoms. The maximum Gasteiger partial charge on any atom is 0.214 e. The lowest BCUT2D eigenvalue weighted by Gasteiger charge is -2.09. The highest BCUT2D eigenvalue weighted by Gasteiger charge is 2.24. The van der Waals surface area contributed by atoms with Gasteiger partial charge in [0.1, 0.15) is 16.6 Å². The Balaban J connectivity index is 2.61. The van der Waals surface area contributed by atoms with Crippen molar-refractivity contribution in [1.82, 2.24) is 4.98 Å². The number of aromatic amines is 1. The predicted octanol–water partition coefficient (Wildman–Crippen LogP) is 5.52. The standard InChI is InChI=1S/C12H6Cl5NO2/c1-20-11-5(2-4(13)3-6(11)14)10(19)9-7(15)8(16)12(17)18-9/h2-3,18H,1H3. The number of benzene rings is 1. The number of methoxy groups -OCH3 is 1. The first-order valence-electron chi connectivity index (χ1n) is 5.17. The maximum absolute atomic E-state index is 12.5. The zero-order valence-electron chi connectivity index (χ0n) is 9.86. The fraction of sp³-hybridized carbons (Fsp3) is 0.0833. The second kappa shape index (κ2) is 6.04. The Labute approximate surface area is 139 Å². The van der Waals surface area contributed by atoms with Gasteiger partial charge in [-0.25, -0.2) is 0 Å². The van der Waals surface area contributed by atoms with E-state index in [0.717, 1.165) is 0 Å². The van der Waals surface area contributed by atoms with Crippen LogP contribution in [0.15, 0.2) is 12.1 Å². The fourth-order valence-electron chi connectivity index (χ4n) is 1.65. The molecule has 0 aliphatic carbocycles. The van der Waals surface area contributed by atoms with Gasteiger partial charge in [-0.2, -0.15) is 0 Å². The van der Waals surface area contributed by atoms with E-state index < -0.39 is 5.78 Å². The summed E-state index contributed by atoms with van der Waals surface area (Å²) in [7, 11) is 1.39. The molecule has 0 unspecified atom stereocenters. The number of hydrogen-bond acceptors (Lipinski definition) is 2. The summed E-state index contributed by atoms with van der Waals surface area (Å²) in [6, 6.07) is 2.89. The molecule has 0 amide bonds. The number of ketones is 1. The quantitative estimate of drug-likeness (QED) is 0.720. The van der Waals surface area contributed by atoms with Gasteiger partial charge in [-0.1, -0.05) is 58.0 Å². The van der Waals surface area contributed by atoms with E-state index in [1.54, 1.807) is 0 Å². The Morgan fingerprint density at radius 1 is 1.10 bits per heavy atom. The second-order valence-electron chi connectivity index (χ2n) is 3.74. The molecule has 1 N–H and O–H groups in total. The predicted molar refractivity (Wildman–Crippen MR) is 82.3 cm³/mol. The van der Waals surface area contributed by atoms with E-state index in [2.05, 4.69) is 4.98 Å². The minimum Gasteiger partial charge on any atom is -0.494 e. The van der Waals surface area contributed by atoms with Gasteiger partial charge in [0.15, 0.2) is 0 Å². The smallest absolute Gasteiger partial charge is 0.214 e. The Bertz CT molecular complexity index is 696. The third kappa shape index (κ3) is 2.74. The van der Waals surface area contributed by atoms with E-state index in [1.165, 1.54) is 19.2 Å². The molecule has 0 saturated carbocycles. The van der Waals surface area contributed by atoms with E-state index in [0.29, 0.717) is 5.02 Å². The van der Waals surface area contributed by atoms with Crippen molar-refractivity contribution in [3.8, 4) is 5.75 Å². The molecular formula is C12H6Cl5NO2. The van der Waals surface area contributed by atoms with Gasteiger partial charge in [-0.3, -0.25) is 4.79 Å². The van der Waals surface area contributed by atoms with Gasteiger partial charge >= 0.3 is 0 Å². The first-order chi connectivity index (χ1) is 9.36. The van der Waals surface area contributed by atoms with E-state index in [1.807, 2.05) is 0 Å². The third-order valence-corrected chi connectivity index (χ3v) is 4.26. The molecule has 2 rings (SSSR count). The number of halogens is 5. The van der Waals surface area contributed by atoms with Crippen molar-refractivity contribution in [1.29, 1.82) is 0 Å². The highest BCUT2D eigenvalue weighted by atomic mass is 35.5. The van der Waals surface area contributed by atoms with Crippen molar-refractivity contribution in [2.24, 2.45) is 0 Å². The van der Waals surface area contributed by atoms with Crippen molar-refractivity contribution in [2.75, 3.05) is 7.11 Å². The zero-order valence-corrected chi connectivity index (χ0v) is 13.6. The number of carbonyl (C=O) groups excluding carboxylic acids is 1. The summed E-state index contributed by atoms with van der Waals surface area (Å²) in [5.41, 5.74) is 0.194. The number of hydrogen-bond donors (Lipinski definition) is 1. The highest BCUT2D eigenvalue weighted by Crippen LogP contribution is 2.37. The van der Waals surface area contributed by atoms with Gasteiger partial charge in [-0.15, -0.1) is 0 Å². The van der Waals surface area contributed by atoms with E-state index in [9.17, 15) is 4.79 Å². The van der Waals surface area contributed by atoms with Gasteiger partial charge in [0.25, 0.3) is 0 Å². The molecule has 1 aromatic carbocycles. The molecule has 20 heavy (non-hydrogen) atoms. The number of nitrogens with one attached hydrogen (secondary N) is 1. The van der Waals surface area contributed by atoms with Gasteiger partial charge < -0.3 is 9.72 Å². The Morgan fingerprint density at radius 2 is 1.75 bits per heavy atom. The number of H-pyrrole nitrogens is 1. The molecule has 0 atom stereocenters. The lowest BCUT2D eigenvalue weighted by atomic mass is 10.1. The highest BCUT2D eigenvalue weighted by molar-refractivity contribution is 6.49. The summed E-state index contributed by atoms with van der Waals surface area (Å²) in [6.45, 7) is 0. The summed E-state index contributed by atoms with van der Waals surface area (Å²) >= 11 is 29.5. The molecular weight excluding hydrogens is 367 g/mol. The SMILES string of the molecule is COc1c(Cl)cc(Cl)cc1C(=O)c1[nH]c(Cl)c(Cl)c1Cl. The van der Waals surface area contributed by atoms with Crippen LogP contribution in [0.4, 0.5) is 0 Å². The molecule has 106 valence electrons. The van der Waals surface area contributed by atoms with Crippen LogP contribution in [-0.4, -0.2) is 17.9 Å². The topological polar surface area (TPSA) is 42.1 Å². The summed E-state index contributed by atoms with van der Waals surface area (Å²) < 4.78 is 5.12. The van der Waals surface area contributed by atoms with Crippen LogP contribution in [0.2, 0.25) is 25.2 Å². The minimum atomic E-state index is -0.481. The third-order valence-electron chi connectivity index (χ3n) is 2.52. The Kier molecular flexibility index (Phi) is 4.77. The van der Waals surface area contributed by atoms with E-state index >= 15 is 0 Å². The molecule has 0 aliphatic heterocycles. The molecule has 0 fully saturated rings. The van der Waals surface area contributed by atoms with Crippen molar-refractivity contribution in [3.63, 3.8) is 0 Å². The Hall–Kier alpha value is -0.580. The number of ether oxygens (including phenoxy) is 1. The number of rotatable bonds is 3. The molecule has 0 aliphatic rings. The molecule has 8 heteroatoms. The molecule has 2 aromatic rings. The van der Waals surface area contributed by atoms with Crippen molar-refractivity contribution >= 4 is 63.8 Å². The van der Waals surface area contributed by atoms with E-state index in [-0.39, 0.29) is 37.2 Å². The van der Waals surface area contributed by atoms with Gasteiger partial charge in [0, 0.05) is 5.02 Å². The van der Waals surface area contributed by atoms with E-state index in [4.69, 9.17) is 62.7 Å². The zero-order chi connectivity index (χ0) is 15.0. The fourth-order valence-corrected chi connectivity index (χ4v) is 2.83. The van der Waals surface area contributed by atoms with Gasteiger partial charge in [-0.05, 0) is 12.1 Å². The molecule has 0 radical (unpaired) electrons. The lowest BCUT2D eigenvalue weighted by Crippen LogP contribution is -2.05. The number of carbonyl (C=O) groups is 1. The molecule has 1 heterocycles. The summed E-state index contributed by atoms with van der Waals surface area (Å²) in [6.07, 6.45) is 0. The summed E-state index contributed by atoms with van der Waals surface area (Å²) in [5, 5.41) is 0.679. The van der Waals surface area contributed by atoms with Crippen LogP contribution in [0, 0.1) is 0 Å². The van der Waals surface area contributed by atoms with Crippen LogP contribution in [-0.2, 0) is 0 Å². The van der Waals surface area contributed by atoms with Crippen LogP contribution in [0.5, 0.6) is 5.75 Å². The van der Waals surface area contributed by atoms with Crippen LogP contribution in [0.25, 0.3) is 0 Å². The lowest BCUT2D eigenvalue weighted by molar-refractivity contribution is 0.103. The Morgan fingerprint density at radius 3 is 2.25 bits per heavy atom. The second-order valence-corrected chi connectivity index (χ2v) is 5.72. The molecule has 1 aromatic heterocycles. The van der Waals surface area contributed by atoms with Crippen LogP contribution < -0.4 is 4.74 Å². The van der Waals surface area contributed by atoms with Gasteiger partial charge in [0.2, 0.25) is 5.78 Å². The average molecular weight is 373 g/mol. The van der Waals surface area contributed by atoms with Crippen molar-refractivity contribution < 1.29 is 9.53 Å². The van der Waals surface area contributed by atoms with Gasteiger partial charge in [0.05, 0.1) is 27.7 Å². The minimum absolute atomic E-state index is 0.0276. The summed E-state index contributed by atoms with van der Waals surface area (Å²) in [4.78, 5) is 15.1. The summed E-state index contributed by atoms with van der Waals surface area (Å²) in [5.74, 6) is -0.288. The van der Waals surface area contributed by atoms with Crippen LogP contribution >= 0.6 is 58.0 Å². The normalized spacial score (nSPS) is 10.7. The first-order valence-corrected chi connectivity index (χ1v) is 7.06. The monoisotopic (exact) mass is 371 g/mol. The molecule has 0 saturated heterocycles. The maximum atomic E-state index is 12.5. The van der Waals surface area contributed by atoms with Crippen molar-refractivity contribution in [2.45, 2.75) is 0 Å².